The first-order valence-electron chi connectivity index (χ1n) is 11.6. The van der Waals surface area contributed by atoms with Crippen molar-refractivity contribution in [3.8, 4) is 17.2 Å². The standard InChI is InChI=1S/C28H34N2O4/c1-18(2)8-5-9-19(3)10-6-11-20(4)14-15-30-23-16-21(31)17-25(33)27(23)29-26-22(28(30)34)12-7-13-24(26)32/h7-8,10,12-14,16-17,29,31-33H,5-6,9,11,15H2,1-4H3/b19-10+,20-14+. The van der Waals surface area contributed by atoms with Gasteiger partial charge in [0.05, 0.1) is 16.9 Å². The van der Waals surface area contributed by atoms with E-state index in [4.69, 9.17) is 0 Å². The molecule has 0 radical (unpaired) electrons. The van der Waals surface area contributed by atoms with Crippen LogP contribution in [0.3, 0.4) is 0 Å². The van der Waals surface area contributed by atoms with Crippen molar-refractivity contribution in [2.45, 2.75) is 53.4 Å². The second kappa shape index (κ2) is 11.0. The third-order valence-corrected chi connectivity index (χ3v) is 5.89. The quantitative estimate of drug-likeness (QED) is 0.194. The average molecular weight is 463 g/mol. The zero-order chi connectivity index (χ0) is 24.8. The van der Waals surface area contributed by atoms with Crippen LogP contribution in [0.4, 0.5) is 17.1 Å². The number of benzene rings is 2. The van der Waals surface area contributed by atoms with Gasteiger partial charge in [0.15, 0.2) is 0 Å². The Hall–Kier alpha value is -3.67. The molecule has 1 aliphatic rings. The van der Waals surface area contributed by atoms with E-state index in [1.165, 1.54) is 34.2 Å². The molecule has 0 bridgehead atoms. The van der Waals surface area contributed by atoms with Gasteiger partial charge in [0, 0.05) is 18.7 Å². The average Bonchev–Trinajstić information content (AvgIpc) is 2.87. The molecule has 0 fully saturated rings. The molecule has 0 aromatic heterocycles. The maximum atomic E-state index is 13.4. The topological polar surface area (TPSA) is 93.0 Å². The van der Waals surface area contributed by atoms with E-state index in [-0.39, 0.29) is 46.6 Å². The van der Waals surface area contributed by atoms with Crippen LogP contribution in [0.1, 0.15) is 63.7 Å². The van der Waals surface area contributed by atoms with Crippen molar-refractivity contribution in [1.29, 1.82) is 0 Å². The molecule has 6 nitrogen and oxygen atoms in total. The Labute approximate surface area is 201 Å². The number of fused-ring (bicyclic) bond motifs is 2. The van der Waals surface area contributed by atoms with E-state index in [2.05, 4.69) is 38.2 Å². The highest BCUT2D eigenvalue weighted by Crippen LogP contribution is 2.45. The van der Waals surface area contributed by atoms with Crippen molar-refractivity contribution < 1.29 is 20.1 Å². The first-order valence-corrected chi connectivity index (χ1v) is 11.6. The molecule has 1 heterocycles. The fourth-order valence-corrected chi connectivity index (χ4v) is 3.94. The lowest BCUT2D eigenvalue weighted by atomic mass is 10.1. The number of hydrogen-bond donors (Lipinski definition) is 4. The van der Waals surface area contributed by atoms with Gasteiger partial charge in [0.25, 0.3) is 5.91 Å². The summed E-state index contributed by atoms with van der Waals surface area (Å²) in [6, 6.07) is 7.34. The molecule has 0 saturated heterocycles. The van der Waals surface area contributed by atoms with Crippen molar-refractivity contribution in [1.82, 2.24) is 0 Å². The molecule has 0 aliphatic carbocycles. The molecule has 1 amide bonds. The summed E-state index contributed by atoms with van der Waals surface area (Å²) in [7, 11) is 0. The maximum Gasteiger partial charge on any atom is 0.260 e. The molecule has 4 N–H and O–H groups in total. The van der Waals surface area contributed by atoms with Crippen LogP contribution in [-0.2, 0) is 0 Å². The number of carbonyl (C=O) groups excluding carboxylic acids is 1. The van der Waals surface area contributed by atoms with E-state index < -0.39 is 0 Å². The van der Waals surface area contributed by atoms with Gasteiger partial charge in [0.2, 0.25) is 0 Å². The van der Waals surface area contributed by atoms with Crippen molar-refractivity contribution in [2.75, 3.05) is 16.8 Å². The number of carbonyl (C=O) groups is 1. The summed E-state index contributed by atoms with van der Waals surface area (Å²) in [5.74, 6) is -0.787. The molecule has 34 heavy (non-hydrogen) atoms. The number of phenolic OH excluding ortho intramolecular Hbond substituents is 3. The van der Waals surface area contributed by atoms with Crippen LogP contribution < -0.4 is 10.2 Å². The summed E-state index contributed by atoms with van der Waals surface area (Å²) >= 11 is 0. The number of aromatic hydroxyl groups is 3. The van der Waals surface area contributed by atoms with Crippen LogP contribution in [0.5, 0.6) is 17.2 Å². The zero-order valence-electron chi connectivity index (χ0n) is 20.4. The Bertz CT molecular complexity index is 1160. The van der Waals surface area contributed by atoms with E-state index in [0.717, 1.165) is 31.3 Å². The van der Waals surface area contributed by atoms with Crippen LogP contribution in [0.2, 0.25) is 0 Å². The fraction of sp³-hybridized carbons (Fsp3) is 0.321. The Kier molecular flexibility index (Phi) is 8.05. The molecular weight excluding hydrogens is 428 g/mol. The minimum atomic E-state index is -0.332. The van der Waals surface area contributed by atoms with Gasteiger partial charge in [-0.3, -0.25) is 4.79 Å². The smallest absolute Gasteiger partial charge is 0.260 e. The first-order chi connectivity index (χ1) is 16.2. The van der Waals surface area contributed by atoms with Crippen LogP contribution in [0, 0.1) is 0 Å². The maximum absolute atomic E-state index is 13.4. The lowest BCUT2D eigenvalue weighted by Gasteiger charge is -2.22. The number of para-hydroxylation sites is 1. The second-order valence-corrected chi connectivity index (χ2v) is 9.06. The summed E-state index contributed by atoms with van der Waals surface area (Å²) in [5, 5.41) is 33.8. The number of anilines is 3. The van der Waals surface area contributed by atoms with E-state index in [0.29, 0.717) is 5.69 Å². The minimum absolute atomic E-state index is 0.0930. The SMILES string of the molecule is CC(C)=CCC/C(C)=C/CC/C(C)=C/CN1C(=O)c2cccc(O)c2Nc2c(O)cc(O)cc21. The fourth-order valence-electron chi connectivity index (χ4n) is 3.94. The summed E-state index contributed by atoms with van der Waals surface area (Å²) in [4.78, 5) is 14.9. The number of allylic oxidation sites excluding steroid dienone is 5. The molecule has 0 atom stereocenters. The lowest BCUT2D eigenvalue weighted by Crippen LogP contribution is -2.30. The predicted octanol–water partition coefficient (Wildman–Crippen LogP) is 6.93. The molecular formula is C28H34N2O4. The molecule has 0 saturated carbocycles. The van der Waals surface area contributed by atoms with E-state index in [9.17, 15) is 20.1 Å². The third-order valence-electron chi connectivity index (χ3n) is 5.89. The van der Waals surface area contributed by atoms with Gasteiger partial charge in [-0.15, -0.1) is 0 Å². The highest BCUT2D eigenvalue weighted by atomic mass is 16.3. The third kappa shape index (κ3) is 6.01. The number of nitrogens with one attached hydrogen (secondary N) is 1. The molecule has 2 aromatic carbocycles. The zero-order valence-corrected chi connectivity index (χ0v) is 20.4. The van der Waals surface area contributed by atoms with E-state index >= 15 is 0 Å². The summed E-state index contributed by atoms with van der Waals surface area (Å²) in [6.07, 6.45) is 10.4. The normalized spacial score (nSPS) is 13.6. The van der Waals surface area contributed by atoms with Crippen molar-refractivity contribution in [3.05, 3.63) is 70.8 Å². The molecule has 3 rings (SSSR count). The van der Waals surface area contributed by atoms with Crippen LogP contribution >= 0.6 is 0 Å². The monoisotopic (exact) mass is 462 g/mol. The minimum Gasteiger partial charge on any atom is -0.508 e. The summed E-state index contributed by atoms with van der Waals surface area (Å²) < 4.78 is 0. The lowest BCUT2D eigenvalue weighted by molar-refractivity contribution is 0.0991. The summed E-state index contributed by atoms with van der Waals surface area (Å²) in [5.41, 5.74) is 4.97. The van der Waals surface area contributed by atoms with Crippen molar-refractivity contribution in [3.63, 3.8) is 0 Å². The van der Waals surface area contributed by atoms with Gasteiger partial charge in [-0.2, -0.15) is 0 Å². The number of hydrogen-bond acceptors (Lipinski definition) is 5. The van der Waals surface area contributed by atoms with Gasteiger partial charge < -0.3 is 25.5 Å². The van der Waals surface area contributed by atoms with Gasteiger partial charge in [0.1, 0.15) is 22.9 Å². The Balaban J connectivity index is 1.80. The van der Waals surface area contributed by atoms with Crippen LogP contribution in [0.25, 0.3) is 0 Å². The first kappa shape index (κ1) is 25.0. The van der Waals surface area contributed by atoms with Gasteiger partial charge in [-0.05, 0) is 65.5 Å². The van der Waals surface area contributed by atoms with Crippen molar-refractivity contribution >= 4 is 23.0 Å². The number of amides is 1. The molecule has 6 heteroatoms. The van der Waals surface area contributed by atoms with Crippen molar-refractivity contribution in [2.24, 2.45) is 0 Å². The number of nitrogens with zero attached hydrogens (tertiary/aromatic N) is 1. The predicted molar refractivity (Wildman–Crippen MR) is 138 cm³/mol. The van der Waals surface area contributed by atoms with Gasteiger partial charge in [-0.1, -0.05) is 41.0 Å². The van der Waals surface area contributed by atoms with Crippen LogP contribution in [0.15, 0.2) is 65.3 Å². The molecule has 0 unspecified atom stereocenters. The number of phenols is 3. The van der Waals surface area contributed by atoms with Gasteiger partial charge >= 0.3 is 0 Å². The number of rotatable bonds is 8. The Morgan fingerprint density at radius 2 is 1.56 bits per heavy atom. The van der Waals surface area contributed by atoms with Crippen LogP contribution in [-0.4, -0.2) is 27.8 Å². The Morgan fingerprint density at radius 3 is 2.26 bits per heavy atom. The second-order valence-electron chi connectivity index (χ2n) is 9.06. The summed E-state index contributed by atoms with van der Waals surface area (Å²) in [6.45, 7) is 8.68. The highest BCUT2D eigenvalue weighted by molar-refractivity contribution is 6.15. The molecule has 1 aliphatic heterocycles. The highest BCUT2D eigenvalue weighted by Gasteiger charge is 2.29. The van der Waals surface area contributed by atoms with Gasteiger partial charge in [-0.25, -0.2) is 0 Å². The molecule has 0 spiro atoms. The van der Waals surface area contributed by atoms with E-state index in [1.807, 2.05) is 13.0 Å². The molecule has 180 valence electrons. The molecule has 2 aromatic rings. The largest absolute Gasteiger partial charge is 0.508 e. The van der Waals surface area contributed by atoms with E-state index in [1.54, 1.807) is 12.1 Å². The Morgan fingerprint density at radius 1 is 0.882 bits per heavy atom.